The second-order valence-electron chi connectivity index (χ2n) is 20.7. The number of para-hydroxylation sites is 4. The van der Waals surface area contributed by atoms with Crippen LogP contribution in [0.4, 0.5) is 0 Å². The topological polar surface area (TPSA) is 48.5 Å². The highest BCUT2D eigenvalue weighted by Crippen LogP contribution is 2.50. The Bertz CT molecular complexity index is 4450. The van der Waals surface area contributed by atoms with Crippen molar-refractivity contribution in [2.24, 2.45) is 0 Å². The molecule has 0 N–H and O–H groups in total. The summed E-state index contributed by atoms with van der Waals surface area (Å²) in [5.74, 6) is 1.93. The van der Waals surface area contributed by atoms with Crippen molar-refractivity contribution in [3.8, 4) is 67.8 Å². The molecule has 4 heterocycles. The molecule has 15 rings (SSSR count). The van der Waals surface area contributed by atoms with Gasteiger partial charge in [0.25, 0.3) is 0 Å². The van der Waals surface area contributed by atoms with Crippen LogP contribution >= 0.6 is 0 Å². The van der Waals surface area contributed by atoms with Crippen molar-refractivity contribution < 1.29 is 0 Å². The first-order valence-electron chi connectivity index (χ1n) is 25.0. The Labute approximate surface area is 418 Å². The van der Waals surface area contributed by atoms with Gasteiger partial charge >= 0.3 is 0 Å². The fourth-order valence-corrected chi connectivity index (χ4v) is 16.3. The summed E-state index contributed by atoms with van der Waals surface area (Å²) >= 11 is 0. The van der Waals surface area contributed by atoms with E-state index in [4.69, 9.17) is 15.0 Å². The molecule has 0 saturated carbocycles. The van der Waals surface area contributed by atoms with E-state index in [0.717, 1.165) is 55.4 Å². The van der Waals surface area contributed by atoms with Gasteiger partial charge in [-0.1, -0.05) is 173 Å². The minimum atomic E-state index is -2.26. The molecule has 0 unspecified atom stereocenters. The summed E-state index contributed by atoms with van der Waals surface area (Å²) in [5.41, 5.74) is 17.4. The van der Waals surface area contributed by atoms with Crippen LogP contribution in [0, 0.1) is 0 Å². The maximum Gasteiger partial charge on any atom is 0.164 e. The molecule has 72 heavy (non-hydrogen) atoms. The van der Waals surface area contributed by atoms with Crippen LogP contribution in [0.1, 0.15) is 25.0 Å². The van der Waals surface area contributed by atoms with E-state index in [1.807, 2.05) is 0 Å². The monoisotopic (exact) mass is 937 g/mol. The van der Waals surface area contributed by atoms with Crippen molar-refractivity contribution >= 4 is 72.8 Å². The van der Waals surface area contributed by atoms with Crippen LogP contribution in [0.3, 0.4) is 0 Å². The Morgan fingerprint density at radius 1 is 0.361 bits per heavy atom. The zero-order valence-corrected chi connectivity index (χ0v) is 41.4. The Hall–Kier alpha value is -8.71. The summed E-state index contributed by atoms with van der Waals surface area (Å²) < 4.78 is 4.81. The fraction of sp³-hybridized carbons (Fsp3) is 0.0758. The lowest BCUT2D eigenvalue weighted by atomic mass is 9.82. The molecule has 2 aliphatic rings. The van der Waals surface area contributed by atoms with E-state index < -0.39 is 8.07 Å². The van der Waals surface area contributed by atoms with E-state index >= 15 is 0 Å². The average molecular weight is 938 g/mol. The molecule has 13 aromatic rings. The molecule has 6 heteroatoms. The van der Waals surface area contributed by atoms with E-state index in [1.54, 1.807) is 0 Å². The van der Waals surface area contributed by atoms with E-state index in [0.29, 0.717) is 17.5 Å². The maximum absolute atomic E-state index is 5.64. The van der Waals surface area contributed by atoms with Gasteiger partial charge in [-0.2, -0.15) is 0 Å². The molecule has 0 fully saturated rings. The quantitative estimate of drug-likeness (QED) is 0.162. The third-order valence-corrected chi connectivity index (χ3v) is 19.7. The molecule has 0 amide bonds. The van der Waals surface area contributed by atoms with Gasteiger partial charge in [-0.25, -0.2) is 15.0 Å². The lowest BCUT2D eigenvalue weighted by Gasteiger charge is -2.23. The molecule has 0 saturated heterocycles. The van der Waals surface area contributed by atoms with Gasteiger partial charge in [0.15, 0.2) is 17.5 Å². The van der Waals surface area contributed by atoms with Gasteiger partial charge in [-0.15, -0.1) is 0 Å². The van der Waals surface area contributed by atoms with Crippen molar-refractivity contribution in [3.63, 3.8) is 0 Å². The highest BCUT2D eigenvalue weighted by Gasteiger charge is 2.40. The number of benzene rings is 10. The van der Waals surface area contributed by atoms with E-state index in [2.05, 4.69) is 248 Å². The van der Waals surface area contributed by atoms with E-state index in [1.165, 1.54) is 70.8 Å². The standard InChI is InChI=1S/C66H47N5Si/c1-66(2)53-27-15-11-23-44(53)45-33-31-41(38-54(45)66)64-67-63(40-32-36-57-51(37-40)46-24-12-16-28-55(46)70(57)42-19-7-5-8-20-42)68-65(69-64)52-39-58-60(50-26-13-17-29-56(50)71(58)43-21-9-6-10-22-43)61-48(52)34-35-49-47-25-14-18-30-59(47)72(3,4)62(49)61/h5-39H,1-4H3. The zero-order chi connectivity index (χ0) is 48.0. The summed E-state index contributed by atoms with van der Waals surface area (Å²) in [7, 11) is -2.26. The molecule has 0 atom stereocenters. The van der Waals surface area contributed by atoms with Crippen molar-refractivity contribution in [2.45, 2.75) is 32.4 Å². The highest BCUT2D eigenvalue weighted by molar-refractivity contribution is 7.05. The zero-order valence-electron chi connectivity index (χ0n) is 40.4. The lowest BCUT2D eigenvalue weighted by molar-refractivity contribution is 0.660. The number of hydrogen-bond acceptors (Lipinski definition) is 3. The number of rotatable bonds is 5. The van der Waals surface area contributed by atoms with Crippen LogP contribution in [0.25, 0.3) is 122 Å². The van der Waals surface area contributed by atoms with Crippen molar-refractivity contribution in [2.75, 3.05) is 0 Å². The normalized spacial score (nSPS) is 14.1. The Morgan fingerprint density at radius 3 is 1.65 bits per heavy atom. The molecule has 1 aliphatic heterocycles. The summed E-state index contributed by atoms with van der Waals surface area (Å²) in [6, 6.07) is 77.6. The Morgan fingerprint density at radius 2 is 0.903 bits per heavy atom. The molecule has 3 aromatic heterocycles. The first-order valence-corrected chi connectivity index (χ1v) is 28.0. The van der Waals surface area contributed by atoms with E-state index in [9.17, 15) is 0 Å². The fourth-order valence-electron chi connectivity index (χ4n) is 12.8. The third-order valence-electron chi connectivity index (χ3n) is 16.1. The number of hydrogen-bond donors (Lipinski definition) is 0. The van der Waals surface area contributed by atoms with Crippen molar-refractivity contribution in [1.82, 2.24) is 24.1 Å². The Balaban J connectivity index is 1.05. The molecule has 0 spiro atoms. The third kappa shape index (κ3) is 5.67. The lowest BCUT2D eigenvalue weighted by Crippen LogP contribution is -2.49. The average Bonchev–Trinajstić information content (AvgIpc) is 4.10. The smallest absolute Gasteiger partial charge is 0.164 e. The van der Waals surface area contributed by atoms with Crippen LogP contribution < -0.4 is 10.4 Å². The molecule has 340 valence electrons. The summed E-state index contributed by atoms with van der Waals surface area (Å²) in [4.78, 5) is 16.8. The molecule has 5 nitrogen and oxygen atoms in total. The minimum Gasteiger partial charge on any atom is -0.309 e. The van der Waals surface area contributed by atoms with Gasteiger partial charge < -0.3 is 9.13 Å². The molecular weight excluding hydrogens is 891 g/mol. The van der Waals surface area contributed by atoms with Gasteiger partial charge in [0, 0.05) is 55.0 Å². The highest BCUT2D eigenvalue weighted by atomic mass is 28.3. The van der Waals surface area contributed by atoms with Crippen LogP contribution in [-0.4, -0.2) is 32.2 Å². The summed E-state index contributed by atoms with van der Waals surface area (Å²) in [5, 5.41) is 10.2. The molecule has 0 radical (unpaired) electrons. The second kappa shape index (κ2) is 14.9. The van der Waals surface area contributed by atoms with Gasteiger partial charge in [0.2, 0.25) is 0 Å². The van der Waals surface area contributed by atoms with Gasteiger partial charge in [0.1, 0.15) is 8.07 Å². The molecule has 10 aromatic carbocycles. The second-order valence-corrected chi connectivity index (χ2v) is 25.0. The van der Waals surface area contributed by atoms with Crippen LogP contribution in [-0.2, 0) is 5.41 Å². The SMILES string of the molecule is CC1(C)c2ccccc2-c2ccc(-c3nc(-c4ccc5c(c4)c4ccccc4n5-c4ccccc4)nc(-c4cc5c(c6ccccc6n5-c5ccccc5)c5c6c(ccc45)-c4ccccc4[Si]6(C)C)n3)cc21. The van der Waals surface area contributed by atoms with Gasteiger partial charge in [-0.3, -0.25) is 0 Å². The first-order chi connectivity index (χ1) is 35.2. The Kier molecular flexibility index (Phi) is 8.51. The van der Waals surface area contributed by atoms with Crippen molar-refractivity contribution in [1.29, 1.82) is 0 Å². The number of aromatic nitrogens is 5. The number of nitrogens with zero attached hydrogens (tertiary/aromatic N) is 5. The summed E-state index contributed by atoms with van der Waals surface area (Å²) in [6.07, 6.45) is 0. The van der Waals surface area contributed by atoms with Crippen LogP contribution in [0.15, 0.2) is 212 Å². The first kappa shape index (κ1) is 41.1. The van der Waals surface area contributed by atoms with Crippen LogP contribution in [0.2, 0.25) is 13.1 Å². The van der Waals surface area contributed by atoms with Crippen molar-refractivity contribution in [3.05, 3.63) is 223 Å². The molecule has 0 bridgehead atoms. The minimum absolute atomic E-state index is 0.195. The number of fused-ring (bicyclic) bond motifs is 15. The largest absolute Gasteiger partial charge is 0.309 e. The molecule has 1 aliphatic carbocycles. The van der Waals surface area contributed by atoms with Crippen LogP contribution in [0.5, 0.6) is 0 Å². The predicted octanol–water partition coefficient (Wildman–Crippen LogP) is 15.3. The summed E-state index contributed by atoms with van der Waals surface area (Å²) in [6.45, 7) is 9.73. The van der Waals surface area contributed by atoms with Gasteiger partial charge in [-0.05, 0) is 121 Å². The maximum atomic E-state index is 5.64. The predicted molar refractivity (Wildman–Crippen MR) is 302 cm³/mol. The van der Waals surface area contributed by atoms with Gasteiger partial charge in [0.05, 0.1) is 22.1 Å². The van der Waals surface area contributed by atoms with E-state index in [-0.39, 0.29) is 5.41 Å². The molecular formula is C66H47N5Si.